The second-order valence-corrected chi connectivity index (χ2v) is 7.27. The zero-order valence-corrected chi connectivity index (χ0v) is 14.7. The number of carbonyl (C=O) groups is 1. The predicted molar refractivity (Wildman–Crippen MR) is 93.8 cm³/mol. The van der Waals surface area contributed by atoms with E-state index in [1.54, 1.807) is 6.20 Å². The van der Waals surface area contributed by atoms with Gasteiger partial charge >= 0.3 is 0 Å². The molecule has 1 atom stereocenters. The van der Waals surface area contributed by atoms with Gasteiger partial charge in [0.15, 0.2) is 0 Å². The molecule has 24 heavy (non-hydrogen) atoms. The normalized spacial score (nSPS) is 20.3. The number of hydrogen-bond donors (Lipinski definition) is 2. The molecule has 2 N–H and O–H groups in total. The van der Waals surface area contributed by atoms with Crippen LogP contribution in [0.5, 0.6) is 0 Å². The highest BCUT2D eigenvalue weighted by Gasteiger charge is 2.31. The summed E-state index contributed by atoms with van der Waals surface area (Å²) in [5.74, 6) is 1.46. The van der Waals surface area contributed by atoms with Gasteiger partial charge in [0.2, 0.25) is 5.91 Å². The van der Waals surface area contributed by atoms with Gasteiger partial charge in [-0.1, -0.05) is 19.3 Å². The van der Waals surface area contributed by atoms with Crippen LogP contribution in [-0.2, 0) is 4.79 Å². The third-order valence-electron chi connectivity index (χ3n) is 5.45. The predicted octanol–water partition coefficient (Wildman–Crippen LogP) is 2.42. The molecule has 1 heterocycles. The van der Waals surface area contributed by atoms with Crippen molar-refractivity contribution in [2.45, 2.75) is 64.0 Å². The molecule has 1 amide bonds. The van der Waals surface area contributed by atoms with E-state index in [2.05, 4.69) is 22.2 Å². The molecule has 1 aromatic rings. The number of rotatable bonds is 8. The number of anilines is 1. The topological polar surface area (TPSA) is 70.4 Å². The molecule has 2 aliphatic rings. The molecule has 134 valence electrons. The molecule has 0 bridgehead atoms. The lowest BCUT2D eigenvalue weighted by Gasteiger charge is -2.33. The molecule has 2 fully saturated rings. The van der Waals surface area contributed by atoms with Crippen LogP contribution in [0.1, 0.15) is 57.9 Å². The monoisotopic (exact) mass is 334 g/mol. The van der Waals surface area contributed by atoms with Crippen LogP contribution in [0.15, 0.2) is 12.3 Å². The maximum atomic E-state index is 12.5. The molecule has 0 spiro atoms. The largest absolute Gasteiger partial charge is 0.395 e. The molecule has 6 heteroatoms. The Bertz CT molecular complexity index is 535. The van der Waals surface area contributed by atoms with Gasteiger partial charge in [-0.2, -0.15) is 5.10 Å². The Labute approximate surface area is 144 Å². The van der Waals surface area contributed by atoms with Crippen LogP contribution in [0.2, 0.25) is 0 Å². The third-order valence-corrected chi connectivity index (χ3v) is 5.45. The Kier molecular flexibility index (Phi) is 5.89. The molecule has 0 radical (unpaired) electrons. The highest BCUT2D eigenvalue weighted by Crippen LogP contribution is 2.40. The molecular weight excluding hydrogens is 304 g/mol. The van der Waals surface area contributed by atoms with Crippen molar-refractivity contribution in [3.8, 4) is 0 Å². The standard InChI is InChI=1S/C18H30N4O2/c1-14(15-7-8-15)22-17(9-10-19-22)20-18(24)13-21(11-12-23)16-5-3-2-4-6-16/h9-10,14-16,23H,2-8,11-13H2,1H3,(H,20,24). The summed E-state index contributed by atoms with van der Waals surface area (Å²) < 4.78 is 1.94. The summed E-state index contributed by atoms with van der Waals surface area (Å²) in [5.41, 5.74) is 0. The summed E-state index contributed by atoms with van der Waals surface area (Å²) >= 11 is 0. The lowest BCUT2D eigenvalue weighted by Crippen LogP contribution is -2.43. The van der Waals surface area contributed by atoms with Crippen LogP contribution in [0.3, 0.4) is 0 Å². The Morgan fingerprint density at radius 3 is 2.79 bits per heavy atom. The second kappa shape index (κ2) is 8.12. The second-order valence-electron chi connectivity index (χ2n) is 7.27. The van der Waals surface area contributed by atoms with Crippen molar-refractivity contribution in [2.75, 3.05) is 25.0 Å². The lowest BCUT2D eigenvalue weighted by atomic mass is 9.94. The maximum Gasteiger partial charge on any atom is 0.239 e. The SMILES string of the molecule is CC(C1CC1)n1nccc1NC(=O)CN(CCO)C1CCCCC1. The van der Waals surface area contributed by atoms with Crippen LogP contribution in [0.25, 0.3) is 0 Å². The van der Waals surface area contributed by atoms with Gasteiger partial charge in [-0.15, -0.1) is 0 Å². The number of nitrogens with one attached hydrogen (secondary N) is 1. The van der Waals surface area contributed by atoms with E-state index in [4.69, 9.17) is 0 Å². The quantitative estimate of drug-likeness (QED) is 0.766. The minimum absolute atomic E-state index is 0.0150. The average Bonchev–Trinajstić information content (AvgIpc) is 3.35. The molecule has 3 rings (SSSR count). The number of carbonyl (C=O) groups excluding carboxylic acids is 1. The first-order chi connectivity index (χ1) is 11.7. The van der Waals surface area contributed by atoms with Crippen molar-refractivity contribution in [2.24, 2.45) is 5.92 Å². The zero-order valence-electron chi connectivity index (χ0n) is 14.7. The highest BCUT2D eigenvalue weighted by molar-refractivity contribution is 5.91. The number of aliphatic hydroxyl groups excluding tert-OH is 1. The van der Waals surface area contributed by atoms with Gasteiger partial charge < -0.3 is 10.4 Å². The van der Waals surface area contributed by atoms with Gasteiger partial charge in [-0.3, -0.25) is 9.69 Å². The number of hydrogen-bond acceptors (Lipinski definition) is 4. The van der Waals surface area contributed by atoms with Crippen molar-refractivity contribution in [1.29, 1.82) is 0 Å². The van der Waals surface area contributed by atoms with Crippen LogP contribution >= 0.6 is 0 Å². The van der Waals surface area contributed by atoms with E-state index in [0.29, 0.717) is 31.1 Å². The van der Waals surface area contributed by atoms with Gasteiger partial charge in [-0.05, 0) is 38.5 Å². The van der Waals surface area contributed by atoms with Crippen LogP contribution < -0.4 is 5.32 Å². The fourth-order valence-electron chi connectivity index (χ4n) is 3.85. The summed E-state index contributed by atoms with van der Waals surface area (Å²) in [7, 11) is 0. The van der Waals surface area contributed by atoms with Crippen LogP contribution in [0.4, 0.5) is 5.82 Å². The number of aliphatic hydroxyl groups is 1. The minimum Gasteiger partial charge on any atom is -0.395 e. The highest BCUT2D eigenvalue weighted by atomic mass is 16.3. The number of nitrogens with zero attached hydrogens (tertiary/aromatic N) is 3. The molecule has 0 aromatic carbocycles. The van der Waals surface area contributed by atoms with Crippen molar-refractivity contribution in [3.63, 3.8) is 0 Å². The first kappa shape index (κ1) is 17.4. The average molecular weight is 334 g/mol. The Morgan fingerprint density at radius 1 is 1.38 bits per heavy atom. The van der Waals surface area contributed by atoms with E-state index in [1.165, 1.54) is 32.1 Å². The van der Waals surface area contributed by atoms with E-state index in [9.17, 15) is 9.90 Å². The van der Waals surface area contributed by atoms with E-state index in [-0.39, 0.29) is 12.5 Å². The summed E-state index contributed by atoms with van der Waals surface area (Å²) in [6.45, 7) is 3.17. The van der Waals surface area contributed by atoms with Gasteiger partial charge in [0.05, 0.1) is 25.4 Å². The van der Waals surface area contributed by atoms with Crippen molar-refractivity contribution >= 4 is 11.7 Å². The fourth-order valence-corrected chi connectivity index (χ4v) is 3.85. The van der Waals surface area contributed by atoms with Gasteiger partial charge in [-0.25, -0.2) is 4.68 Å². The molecule has 0 saturated heterocycles. The third kappa shape index (κ3) is 4.36. The van der Waals surface area contributed by atoms with E-state index in [1.807, 2.05) is 10.7 Å². The Morgan fingerprint density at radius 2 is 2.12 bits per heavy atom. The molecular formula is C18H30N4O2. The Balaban J connectivity index is 1.58. The molecule has 0 aliphatic heterocycles. The van der Waals surface area contributed by atoms with Crippen LogP contribution in [0, 0.1) is 5.92 Å². The summed E-state index contributed by atoms with van der Waals surface area (Å²) in [6, 6.07) is 2.63. The molecule has 1 unspecified atom stereocenters. The Hall–Kier alpha value is -1.40. The van der Waals surface area contributed by atoms with E-state index < -0.39 is 0 Å². The smallest absolute Gasteiger partial charge is 0.239 e. The summed E-state index contributed by atoms with van der Waals surface area (Å²) in [6.07, 6.45) is 10.2. The molecule has 1 aromatic heterocycles. The fraction of sp³-hybridized carbons (Fsp3) is 0.778. The lowest BCUT2D eigenvalue weighted by molar-refractivity contribution is -0.118. The van der Waals surface area contributed by atoms with E-state index >= 15 is 0 Å². The first-order valence-electron chi connectivity index (χ1n) is 9.37. The molecule has 6 nitrogen and oxygen atoms in total. The van der Waals surface area contributed by atoms with Crippen molar-refractivity contribution in [1.82, 2.24) is 14.7 Å². The molecule has 2 aliphatic carbocycles. The zero-order chi connectivity index (χ0) is 16.9. The summed E-state index contributed by atoms with van der Waals surface area (Å²) in [4.78, 5) is 14.7. The molecule has 2 saturated carbocycles. The maximum absolute atomic E-state index is 12.5. The van der Waals surface area contributed by atoms with Gasteiger partial charge in [0.25, 0.3) is 0 Å². The first-order valence-corrected chi connectivity index (χ1v) is 9.37. The van der Waals surface area contributed by atoms with Crippen LogP contribution in [-0.4, -0.2) is 51.4 Å². The van der Waals surface area contributed by atoms with Gasteiger partial charge in [0.1, 0.15) is 5.82 Å². The number of amides is 1. The van der Waals surface area contributed by atoms with E-state index in [0.717, 1.165) is 18.7 Å². The van der Waals surface area contributed by atoms with Crippen molar-refractivity contribution in [3.05, 3.63) is 12.3 Å². The van der Waals surface area contributed by atoms with Gasteiger partial charge in [0, 0.05) is 18.7 Å². The number of aromatic nitrogens is 2. The minimum atomic E-state index is -0.0150. The summed E-state index contributed by atoms with van der Waals surface area (Å²) in [5, 5.41) is 16.7. The van der Waals surface area contributed by atoms with Crippen molar-refractivity contribution < 1.29 is 9.90 Å².